The summed E-state index contributed by atoms with van der Waals surface area (Å²) < 4.78 is 0. The van der Waals surface area contributed by atoms with Crippen molar-refractivity contribution >= 4 is 21.5 Å². The molecule has 0 aliphatic heterocycles. The van der Waals surface area contributed by atoms with Crippen molar-refractivity contribution in [2.75, 3.05) is 0 Å². The van der Waals surface area contributed by atoms with E-state index in [1.807, 2.05) is 60.7 Å². The second kappa shape index (κ2) is 8.54. The van der Waals surface area contributed by atoms with Gasteiger partial charge in [0.05, 0.1) is 0 Å². The van der Waals surface area contributed by atoms with Crippen LogP contribution in [0.1, 0.15) is 22.3 Å². The molecule has 0 aliphatic carbocycles. The first-order chi connectivity index (χ1) is 17.2. The fourth-order valence-corrected chi connectivity index (χ4v) is 5.31. The SMILES string of the molecule is Cc1ccc(-c2cc3ccccc3c3ccccc23)c(C(O)(c2ccccc2)c2ccccc2)c1. The molecule has 0 bridgehead atoms. The number of hydrogen-bond donors (Lipinski definition) is 1. The number of aliphatic hydroxyl groups is 1. The number of benzene rings is 6. The van der Waals surface area contributed by atoms with Crippen LogP contribution in [0.2, 0.25) is 0 Å². The van der Waals surface area contributed by atoms with Crippen molar-refractivity contribution in [2.24, 2.45) is 0 Å². The average Bonchev–Trinajstić information content (AvgIpc) is 2.93. The Morgan fingerprint density at radius 1 is 0.486 bits per heavy atom. The first-order valence-electron chi connectivity index (χ1n) is 12.0. The van der Waals surface area contributed by atoms with Gasteiger partial charge in [-0.2, -0.15) is 0 Å². The van der Waals surface area contributed by atoms with Crippen LogP contribution in [0.3, 0.4) is 0 Å². The maximum absolute atomic E-state index is 12.7. The first-order valence-corrected chi connectivity index (χ1v) is 12.0. The van der Waals surface area contributed by atoms with Crippen LogP contribution in [0, 0.1) is 6.92 Å². The van der Waals surface area contributed by atoms with Gasteiger partial charge < -0.3 is 5.11 Å². The van der Waals surface area contributed by atoms with Gasteiger partial charge in [-0.05, 0) is 56.8 Å². The molecule has 0 aromatic heterocycles. The molecule has 0 heterocycles. The van der Waals surface area contributed by atoms with Gasteiger partial charge in [-0.3, -0.25) is 0 Å². The average molecular weight is 451 g/mol. The lowest BCUT2D eigenvalue weighted by Gasteiger charge is -2.33. The lowest BCUT2D eigenvalue weighted by Crippen LogP contribution is -2.29. The van der Waals surface area contributed by atoms with Gasteiger partial charge in [-0.1, -0.05) is 133 Å². The van der Waals surface area contributed by atoms with E-state index in [0.29, 0.717) is 0 Å². The molecule has 0 unspecified atom stereocenters. The van der Waals surface area contributed by atoms with E-state index in [1.165, 1.54) is 21.5 Å². The molecule has 35 heavy (non-hydrogen) atoms. The Kier molecular flexibility index (Phi) is 5.21. The van der Waals surface area contributed by atoms with E-state index in [2.05, 4.69) is 79.7 Å². The second-order valence-corrected chi connectivity index (χ2v) is 9.18. The Labute approximate surface area is 205 Å². The van der Waals surface area contributed by atoms with Gasteiger partial charge in [0.15, 0.2) is 0 Å². The third-order valence-corrected chi connectivity index (χ3v) is 7.01. The van der Waals surface area contributed by atoms with Crippen molar-refractivity contribution in [3.05, 3.63) is 156 Å². The van der Waals surface area contributed by atoms with Crippen LogP contribution < -0.4 is 0 Å². The molecule has 1 nitrogen and oxygen atoms in total. The van der Waals surface area contributed by atoms with Crippen molar-refractivity contribution in [2.45, 2.75) is 12.5 Å². The van der Waals surface area contributed by atoms with E-state index in [1.54, 1.807) is 0 Å². The summed E-state index contributed by atoms with van der Waals surface area (Å²) in [5.41, 5.74) is 4.55. The minimum Gasteiger partial charge on any atom is -0.376 e. The molecule has 0 saturated carbocycles. The summed E-state index contributed by atoms with van der Waals surface area (Å²) in [7, 11) is 0. The van der Waals surface area contributed by atoms with Crippen LogP contribution in [0.15, 0.2) is 133 Å². The van der Waals surface area contributed by atoms with Gasteiger partial charge in [-0.15, -0.1) is 0 Å². The Balaban J connectivity index is 1.73. The smallest absolute Gasteiger partial charge is 0.141 e. The molecule has 1 heteroatoms. The summed E-state index contributed by atoms with van der Waals surface area (Å²) in [6.07, 6.45) is 0. The quantitative estimate of drug-likeness (QED) is 0.212. The molecule has 6 rings (SSSR count). The molecule has 0 spiro atoms. The largest absolute Gasteiger partial charge is 0.376 e. The number of fused-ring (bicyclic) bond motifs is 3. The molecule has 0 amide bonds. The Hall–Kier alpha value is -4.20. The molecular formula is C34H26O. The normalized spacial score (nSPS) is 11.7. The van der Waals surface area contributed by atoms with Crippen molar-refractivity contribution in [1.82, 2.24) is 0 Å². The summed E-state index contributed by atoms with van der Waals surface area (Å²) in [5, 5.41) is 17.5. The van der Waals surface area contributed by atoms with Crippen molar-refractivity contribution in [3.63, 3.8) is 0 Å². The number of rotatable bonds is 4. The highest BCUT2D eigenvalue weighted by atomic mass is 16.3. The van der Waals surface area contributed by atoms with E-state index >= 15 is 0 Å². The third kappa shape index (κ3) is 3.53. The fraction of sp³-hybridized carbons (Fsp3) is 0.0588. The van der Waals surface area contributed by atoms with E-state index in [0.717, 1.165) is 33.4 Å². The zero-order valence-electron chi connectivity index (χ0n) is 19.6. The zero-order chi connectivity index (χ0) is 23.8. The Morgan fingerprint density at radius 3 is 1.69 bits per heavy atom. The van der Waals surface area contributed by atoms with Gasteiger partial charge in [0.1, 0.15) is 5.60 Å². The van der Waals surface area contributed by atoms with Crippen LogP contribution >= 0.6 is 0 Å². The minimum atomic E-state index is -1.31. The highest BCUT2D eigenvalue weighted by molar-refractivity contribution is 6.14. The summed E-state index contributed by atoms with van der Waals surface area (Å²) in [6.45, 7) is 2.09. The lowest BCUT2D eigenvalue weighted by atomic mass is 9.76. The van der Waals surface area contributed by atoms with Crippen LogP contribution in [-0.2, 0) is 5.60 Å². The standard InChI is InChI=1S/C34H26O/c1-24-20-21-31(32-23-25-12-8-9-17-28(25)29-18-10-11-19-30(29)32)33(22-24)34(35,26-13-4-2-5-14-26)27-15-6-3-7-16-27/h2-23,35H,1H3. The fourth-order valence-electron chi connectivity index (χ4n) is 5.31. The lowest BCUT2D eigenvalue weighted by molar-refractivity contribution is 0.126. The second-order valence-electron chi connectivity index (χ2n) is 9.18. The van der Waals surface area contributed by atoms with Gasteiger partial charge in [0.25, 0.3) is 0 Å². The zero-order valence-corrected chi connectivity index (χ0v) is 19.6. The van der Waals surface area contributed by atoms with E-state index in [4.69, 9.17) is 0 Å². The van der Waals surface area contributed by atoms with Crippen LogP contribution in [0.25, 0.3) is 32.7 Å². The van der Waals surface area contributed by atoms with Gasteiger partial charge in [0, 0.05) is 5.56 Å². The topological polar surface area (TPSA) is 20.2 Å². The highest BCUT2D eigenvalue weighted by Crippen LogP contribution is 2.44. The van der Waals surface area contributed by atoms with Crippen molar-refractivity contribution < 1.29 is 5.11 Å². The molecule has 0 radical (unpaired) electrons. The van der Waals surface area contributed by atoms with Crippen molar-refractivity contribution in [3.8, 4) is 11.1 Å². The van der Waals surface area contributed by atoms with Crippen LogP contribution in [0.5, 0.6) is 0 Å². The maximum atomic E-state index is 12.7. The molecule has 6 aromatic rings. The van der Waals surface area contributed by atoms with Crippen LogP contribution in [0.4, 0.5) is 0 Å². The Morgan fingerprint density at radius 2 is 1.03 bits per heavy atom. The molecule has 1 N–H and O–H groups in total. The summed E-state index contributed by atoms with van der Waals surface area (Å²) in [5.74, 6) is 0. The first kappa shape index (κ1) is 21.3. The number of hydrogen-bond acceptors (Lipinski definition) is 1. The molecule has 0 fully saturated rings. The molecule has 0 aliphatic rings. The summed E-state index contributed by atoms with van der Waals surface area (Å²) in [6, 6.07) is 45.8. The van der Waals surface area contributed by atoms with Gasteiger partial charge in [0.2, 0.25) is 0 Å². The monoisotopic (exact) mass is 450 g/mol. The van der Waals surface area contributed by atoms with E-state index < -0.39 is 5.60 Å². The number of aryl methyl sites for hydroxylation is 1. The molecular weight excluding hydrogens is 424 g/mol. The molecule has 0 saturated heterocycles. The van der Waals surface area contributed by atoms with Crippen LogP contribution in [-0.4, -0.2) is 5.11 Å². The van der Waals surface area contributed by atoms with E-state index in [-0.39, 0.29) is 0 Å². The van der Waals surface area contributed by atoms with Gasteiger partial charge in [-0.25, -0.2) is 0 Å². The predicted molar refractivity (Wildman–Crippen MR) is 147 cm³/mol. The molecule has 0 atom stereocenters. The van der Waals surface area contributed by atoms with E-state index in [9.17, 15) is 5.11 Å². The third-order valence-electron chi connectivity index (χ3n) is 7.01. The molecule has 6 aromatic carbocycles. The highest BCUT2D eigenvalue weighted by Gasteiger charge is 2.36. The minimum absolute atomic E-state index is 0.850. The summed E-state index contributed by atoms with van der Waals surface area (Å²) in [4.78, 5) is 0. The van der Waals surface area contributed by atoms with Gasteiger partial charge >= 0.3 is 0 Å². The maximum Gasteiger partial charge on any atom is 0.141 e. The predicted octanol–water partition coefficient (Wildman–Crippen LogP) is 8.25. The molecule has 168 valence electrons. The summed E-state index contributed by atoms with van der Waals surface area (Å²) >= 11 is 0. The van der Waals surface area contributed by atoms with Crippen molar-refractivity contribution in [1.29, 1.82) is 0 Å². The Bertz CT molecular complexity index is 1610.